The van der Waals surface area contributed by atoms with Crippen LogP contribution in [0.1, 0.15) is 11.1 Å². The van der Waals surface area contributed by atoms with E-state index in [9.17, 15) is 0 Å². The van der Waals surface area contributed by atoms with Crippen molar-refractivity contribution in [3.05, 3.63) is 223 Å². The van der Waals surface area contributed by atoms with Crippen LogP contribution in [0.25, 0.3) is 65.4 Å². The Bertz CT molecular complexity index is 4080. The second kappa shape index (κ2) is 15.2. The van der Waals surface area contributed by atoms with Crippen LogP contribution in [-0.4, -0.2) is 6.71 Å². The van der Waals surface area contributed by atoms with Gasteiger partial charge in [0.25, 0.3) is 6.71 Å². The topological polar surface area (TPSA) is 51.2 Å². The number of ether oxygens (including phenoxy) is 2. The fourth-order valence-electron chi connectivity index (χ4n) is 11.6. The second-order valence-electron chi connectivity index (χ2n) is 18.9. The van der Waals surface area contributed by atoms with Crippen molar-refractivity contribution < 1.29 is 18.3 Å². The maximum atomic E-state index is 7.05. The Morgan fingerprint density at radius 2 is 0.732 bits per heavy atom. The van der Waals surface area contributed by atoms with Crippen molar-refractivity contribution in [1.29, 1.82) is 0 Å². The molecule has 0 bridgehead atoms. The lowest BCUT2D eigenvalue weighted by molar-refractivity contribution is 0.465. The van der Waals surface area contributed by atoms with Gasteiger partial charge in [-0.2, -0.15) is 0 Å². The molecule has 15 rings (SSSR count). The molecule has 0 amide bonds. The van der Waals surface area contributed by atoms with Gasteiger partial charge < -0.3 is 28.1 Å². The molecule has 0 unspecified atom stereocenters. The van der Waals surface area contributed by atoms with E-state index >= 15 is 0 Å². The van der Waals surface area contributed by atoms with Gasteiger partial charge in [0.1, 0.15) is 45.3 Å². The van der Waals surface area contributed by atoms with E-state index in [1.807, 2.05) is 18.2 Å². The summed E-state index contributed by atoms with van der Waals surface area (Å²) in [6.45, 7) is 4.06. The molecule has 2 aliphatic heterocycles. The lowest BCUT2D eigenvalue weighted by Crippen LogP contribution is -2.57. The van der Waals surface area contributed by atoms with E-state index in [0.717, 1.165) is 139 Å². The maximum Gasteiger partial charge on any atom is 0.261 e. The van der Waals surface area contributed by atoms with Gasteiger partial charge in [-0.15, -0.1) is 0 Å². The molecule has 334 valence electrons. The van der Waals surface area contributed by atoms with Gasteiger partial charge in [0.15, 0.2) is 0 Å². The number of nitrogens with zero attached hydrogens (tertiary/aromatic N) is 2. The maximum absolute atomic E-state index is 7.05. The number of benzene rings is 11. The molecule has 6 nitrogen and oxygen atoms in total. The molecule has 4 heterocycles. The van der Waals surface area contributed by atoms with Crippen molar-refractivity contribution >= 4 is 123 Å². The first-order chi connectivity index (χ1) is 35.0. The molecule has 0 fully saturated rings. The molecule has 0 spiro atoms. The van der Waals surface area contributed by atoms with Crippen molar-refractivity contribution in [1.82, 2.24) is 0 Å². The van der Waals surface area contributed by atoms with Crippen LogP contribution in [0.3, 0.4) is 0 Å². The van der Waals surface area contributed by atoms with E-state index in [2.05, 4.69) is 218 Å². The molecule has 2 aromatic heterocycles. The molecule has 0 saturated carbocycles. The summed E-state index contributed by atoms with van der Waals surface area (Å²) in [5, 5.41) is 8.57. The van der Waals surface area contributed by atoms with E-state index in [1.54, 1.807) is 0 Å². The quantitative estimate of drug-likeness (QED) is 0.155. The van der Waals surface area contributed by atoms with E-state index in [4.69, 9.17) is 18.3 Å². The third-order valence-electron chi connectivity index (χ3n) is 14.6. The number of rotatable bonds is 6. The highest BCUT2D eigenvalue weighted by molar-refractivity contribution is 6.98. The second-order valence-corrected chi connectivity index (χ2v) is 18.9. The molecular formula is C64H41BN2O4. The van der Waals surface area contributed by atoms with Crippen molar-refractivity contribution in [2.45, 2.75) is 13.8 Å². The first-order valence-corrected chi connectivity index (χ1v) is 24.2. The highest BCUT2D eigenvalue weighted by Crippen LogP contribution is 2.48. The van der Waals surface area contributed by atoms with Gasteiger partial charge >= 0.3 is 0 Å². The number of fused-ring (bicyclic) bond motifs is 14. The monoisotopic (exact) mass is 912 g/mol. The summed E-state index contributed by atoms with van der Waals surface area (Å²) in [5.74, 6) is 3.14. The van der Waals surface area contributed by atoms with Crippen LogP contribution in [-0.2, 0) is 0 Å². The van der Waals surface area contributed by atoms with Crippen LogP contribution in [0.5, 0.6) is 23.0 Å². The molecule has 0 aliphatic carbocycles. The van der Waals surface area contributed by atoms with Crippen LogP contribution >= 0.6 is 0 Å². The van der Waals surface area contributed by atoms with Gasteiger partial charge in [-0.3, -0.25) is 0 Å². The molecule has 2 aliphatic rings. The van der Waals surface area contributed by atoms with Gasteiger partial charge in [-0.1, -0.05) is 115 Å². The van der Waals surface area contributed by atoms with E-state index < -0.39 is 0 Å². The minimum Gasteiger partial charge on any atom is -0.458 e. The molecular weight excluding hydrogens is 872 g/mol. The minimum atomic E-state index is -0.215. The molecule has 0 radical (unpaired) electrons. The summed E-state index contributed by atoms with van der Waals surface area (Å²) in [5.41, 5.74) is 15.0. The molecule has 0 N–H and O–H groups in total. The van der Waals surface area contributed by atoms with Crippen LogP contribution in [0.2, 0.25) is 0 Å². The Kier molecular flexibility index (Phi) is 8.49. The zero-order chi connectivity index (χ0) is 46.9. The Morgan fingerprint density at radius 1 is 0.324 bits per heavy atom. The third kappa shape index (κ3) is 6.03. The summed E-state index contributed by atoms with van der Waals surface area (Å²) < 4.78 is 27.9. The number of anilines is 6. The standard InChI is InChI=1S/C64H41BN2O4/c1-38-16-13-22-42(30-38)66(40-18-5-3-6-19-40)52-36-60-62(46-26-11-9-24-44(46)52)48-32-58-50(34-56(48)70-60)65-51-35-57-49(33-59(51)69-55-29-15-28-54(68-58)64(55)65)63-47-27-12-10-25-45(47)53(37-61(63)71-57)67(41-20-7-4-8-21-41)43-23-14-17-39(2)31-43/h3-37H,1-2H3. The van der Waals surface area contributed by atoms with Crippen LogP contribution < -0.4 is 35.7 Å². The van der Waals surface area contributed by atoms with Crippen LogP contribution in [0.4, 0.5) is 34.1 Å². The first-order valence-electron chi connectivity index (χ1n) is 24.2. The van der Waals surface area contributed by atoms with Gasteiger partial charge in [-0.25, -0.2) is 0 Å². The fourth-order valence-corrected chi connectivity index (χ4v) is 11.6. The molecule has 71 heavy (non-hydrogen) atoms. The van der Waals surface area contributed by atoms with E-state index in [1.165, 1.54) is 11.1 Å². The van der Waals surface area contributed by atoms with Crippen LogP contribution in [0, 0.1) is 13.8 Å². The van der Waals surface area contributed by atoms with Crippen molar-refractivity contribution in [2.24, 2.45) is 0 Å². The van der Waals surface area contributed by atoms with Gasteiger partial charge in [0, 0.05) is 72.7 Å². The Morgan fingerprint density at radius 3 is 1.18 bits per heavy atom. The van der Waals surface area contributed by atoms with Crippen molar-refractivity contribution in [2.75, 3.05) is 9.80 Å². The number of hydrogen-bond acceptors (Lipinski definition) is 6. The number of aryl methyl sites for hydroxylation is 2. The largest absolute Gasteiger partial charge is 0.458 e. The number of furan rings is 2. The summed E-state index contributed by atoms with van der Waals surface area (Å²) in [4.78, 5) is 4.66. The summed E-state index contributed by atoms with van der Waals surface area (Å²) in [6, 6.07) is 75.0. The number of para-hydroxylation sites is 2. The normalized spacial score (nSPS) is 12.6. The molecule has 7 heteroatoms. The summed E-state index contributed by atoms with van der Waals surface area (Å²) in [7, 11) is 0. The zero-order valence-corrected chi connectivity index (χ0v) is 38.8. The van der Waals surface area contributed by atoms with Crippen molar-refractivity contribution in [3.63, 3.8) is 0 Å². The minimum absolute atomic E-state index is 0.215. The highest BCUT2D eigenvalue weighted by atomic mass is 16.5. The van der Waals surface area contributed by atoms with E-state index in [-0.39, 0.29) is 6.71 Å². The smallest absolute Gasteiger partial charge is 0.261 e. The predicted octanol–water partition coefficient (Wildman–Crippen LogP) is 16.1. The van der Waals surface area contributed by atoms with Gasteiger partial charge in [0.05, 0.1) is 11.4 Å². The Hall–Kier alpha value is -9.20. The van der Waals surface area contributed by atoms with Crippen molar-refractivity contribution in [3.8, 4) is 23.0 Å². The molecule has 0 saturated heterocycles. The van der Waals surface area contributed by atoms with Crippen LogP contribution in [0.15, 0.2) is 221 Å². The van der Waals surface area contributed by atoms with Gasteiger partial charge in [-0.05, 0) is 132 Å². The summed E-state index contributed by atoms with van der Waals surface area (Å²) >= 11 is 0. The lowest BCUT2D eigenvalue weighted by Gasteiger charge is -2.32. The highest BCUT2D eigenvalue weighted by Gasteiger charge is 2.41. The third-order valence-corrected chi connectivity index (χ3v) is 14.6. The molecule has 13 aromatic rings. The zero-order valence-electron chi connectivity index (χ0n) is 38.8. The SMILES string of the molecule is Cc1cccc(N(c2ccccc2)c2cc3oc4cc5c(cc4c3c3ccccc23)Oc2cccc3c2B5c2cc4oc5cc(N(c6ccccc6)c6cccc(C)c6)c6ccccc6c5c4cc2O3)c1. The Labute approximate surface area is 409 Å². The fraction of sp³-hybridized carbons (Fsp3) is 0.0312. The average Bonchev–Trinajstić information content (AvgIpc) is 3.95. The summed E-state index contributed by atoms with van der Waals surface area (Å²) in [6.07, 6.45) is 0. The average molecular weight is 913 g/mol. The lowest BCUT2D eigenvalue weighted by atomic mass is 9.35. The first kappa shape index (κ1) is 39.8. The molecule has 11 aromatic carbocycles. The Balaban J connectivity index is 0.928. The molecule has 0 atom stereocenters. The predicted molar refractivity (Wildman–Crippen MR) is 293 cm³/mol. The van der Waals surface area contributed by atoms with E-state index in [0.29, 0.717) is 0 Å². The number of hydrogen-bond donors (Lipinski definition) is 0. The van der Waals surface area contributed by atoms with Gasteiger partial charge in [0.2, 0.25) is 0 Å².